The Balaban J connectivity index is 1.68. The molecule has 0 spiro atoms. The molecule has 0 aromatic heterocycles. The van der Waals surface area contributed by atoms with Crippen LogP contribution in [-0.4, -0.2) is 0 Å². The fraction of sp³-hybridized carbons (Fsp3) is 0.647. The molecule has 2 aliphatic carbocycles. The van der Waals surface area contributed by atoms with Crippen molar-refractivity contribution in [1.82, 2.24) is 0 Å². The first-order chi connectivity index (χ1) is 9.15. The molecule has 2 unspecified atom stereocenters. The third kappa shape index (κ3) is 2.68. The molecule has 0 aliphatic heterocycles. The average Bonchev–Trinajstić information content (AvgIpc) is 2.85. The van der Waals surface area contributed by atoms with Gasteiger partial charge in [0.2, 0.25) is 0 Å². The summed E-state index contributed by atoms with van der Waals surface area (Å²) in [6.07, 6.45) is 7.58. The predicted molar refractivity (Wildman–Crippen MR) is 72.9 cm³/mol. The molecular formula is C17H22F2. The maximum atomic E-state index is 13.3. The molecule has 2 heteroatoms. The van der Waals surface area contributed by atoms with E-state index in [1.54, 1.807) is 0 Å². The number of benzene rings is 1. The third-order valence-electron chi connectivity index (χ3n) is 5.17. The first kappa shape index (κ1) is 13.1. The molecule has 19 heavy (non-hydrogen) atoms. The molecular weight excluding hydrogens is 242 g/mol. The quantitative estimate of drug-likeness (QED) is 0.696. The standard InChI is InChI=1S/C17H22F2/c1-2-3-11-4-12-6-14(7-13(12)5-11)15-8-16(18)10-17(19)9-15/h8-14H,2-7H2,1H3. The summed E-state index contributed by atoms with van der Waals surface area (Å²) in [6, 6.07) is 4.02. The minimum Gasteiger partial charge on any atom is -0.207 e. The molecule has 1 aromatic rings. The van der Waals surface area contributed by atoms with E-state index in [2.05, 4.69) is 6.92 Å². The molecule has 2 atom stereocenters. The Hall–Kier alpha value is -0.920. The highest BCUT2D eigenvalue weighted by Crippen LogP contribution is 2.53. The van der Waals surface area contributed by atoms with Crippen LogP contribution in [0.3, 0.4) is 0 Å². The van der Waals surface area contributed by atoms with E-state index in [0.717, 1.165) is 42.2 Å². The fourth-order valence-corrected chi connectivity index (χ4v) is 4.47. The number of halogens is 2. The predicted octanol–water partition coefficient (Wildman–Crippen LogP) is 5.28. The van der Waals surface area contributed by atoms with E-state index in [9.17, 15) is 8.78 Å². The number of hydrogen-bond donors (Lipinski definition) is 0. The van der Waals surface area contributed by atoms with Crippen LogP contribution in [0.25, 0.3) is 0 Å². The lowest BCUT2D eigenvalue weighted by Crippen LogP contribution is -2.01. The van der Waals surface area contributed by atoms with Gasteiger partial charge >= 0.3 is 0 Å². The van der Waals surface area contributed by atoms with Crippen LogP contribution in [0, 0.1) is 29.4 Å². The zero-order chi connectivity index (χ0) is 13.4. The van der Waals surface area contributed by atoms with Crippen molar-refractivity contribution < 1.29 is 8.78 Å². The average molecular weight is 264 g/mol. The summed E-state index contributed by atoms with van der Waals surface area (Å²) >= 11 is 0. The van der Waals surface area contributed by atoms with E-state index >= 15 is 0 Å². The number of fused-ring (bicyclic) bond motifs is 1. The van der Waals surface area contributed by atoms with Crippen LogP contribution in [0.15, 0.2) is 18.2 Å². The molecule has 2 saturated carbocycles. The third-order valence-corrected chi connectivity index (χ3v) is 5.17. The normalized spacial score (nSPS) is 33.6. The van der Waals surface area contributed by atoms with Crippen molar-refractivity contribution in [3.8, 4) is 0 Å². The highest BCUT2D eigenvalue weighted by molar-refractivity contribution is 5.23. The van der Waals surface area contributed by atoms with Crippen molar-refractivity contribution in [2.75, 3.05) is 0 Å². The second-order valence-electron chi connectivity index (χ2n) is 6.52. The largest absolute Gasteiger partial charge is 0.207 e. The lowest BCUT2D eigenvalue weighted by Gasteiger charge is -2.15. The van der Waals surface area contributed by atoms with Crippen LogP contribution < -0.4 is 0 Å². The molecule has 0 nitrogen and oxygen atoms in total. The smallest absolute Gasteiger partial charge is 0.126 e. The monoisotopic (exact) mass is 264 g/mol. The van der Waals surface area contributed by atoms with Gasteiger partial charge in [0.05, 0.1) is 0 Å². The summed E-state index contributed by atoms with van der Waals surface area (Å²) in [7, 11) is 0. The molecule has 1 aromatic carbocycles. The zero-order valence-corrected chi connectivity index (χ0v) is 11.5. The van der Waals surface area contributed by atoms with Gasteiger partial charge in [-0.25, -0.2) is 8.78 Å². The van der Waals surface area contributed by atoms with E-state index in [1.165, 1.54) is 37.8 Å². The summed E-state index contributed by atoms with van der Waals surface area (Å²) < 4.78 is 26.6. The van der Waals surface area contributed by atoms with Crippen LogP contribution in [-0.2, 0) is 0 Å². The highest BCUT2D eigenvalue weighted by atomic mass is 19.1. The first-order valence-corrected chi connectivity index (χ1v) is 7.61. The Morgan fingerprint density at radius 1 is 0.947 bits per heavy atom. The van der Waals surface area contributed by atoms with Crippen molar-refractivity contribution in [3.63, 3.8) is 0 Å². The van der Waals surface area contributed by atoms with Gasteiger partial charge < -0.3 is 0 Å². The van der Waals surface area contributed by atoms with E-state index in [-0.39, 0.29) is 0 Å². The SMILES string of the molecule is CCCC1CC2CC(c3cc(F)cc(F)c3)CC2C1. The minimum absolute atomic E-state index is 0.378. The van der Waals surface area contributed by atoms with Gasteiger partial charge in [-0.1, -0.05) is 19.8 Å². The van der Waals surface area contributed by atoms with Gasteiger partial charge in [-0.15, -0.1) is 0 Å². The van der Waals surface area contributed by atoms with Crippen molar-refractivity contribution in [2.24, 2.45) is 17.8 Å². The zero-order valence-electron chi connectivity index (χ0n) is 11.5. The molecule has 0 heterocycles. The van der Waals surface area contributed by atoms with E-state index in [4.69, 9.17) is 0 Å². The van der Waals surface area contributed by atoms with Gasteiger partial charge in [-0.05, 0) is 67.1 Å². The number of hydrogen-bond acceptors (Lipinski definition) is 0. The molecule has 104 valence electrons. The molecule has 0 N–H and O–H groups in total. The van der Waals surface area contributed by atoms with Crippen LogP contribution in [0.5, 0.6) is 0 Å². The molecule has 2 aliphatic rings. The number of rotatable bonds is 3. The van der Waals surface area contributed by atoms with Crippen LogP contribution in [0.2, 0.25) is 0 Å². The lowest BCUT2D eigenvalue weighted by atomic mass is 9.91. The molecule has 0 radical (unpaired) electrons. The minimum atomic E-state index is -0.434. The van der Waals surface area contributed by atoms with Gasteiger partial charge in [0.25, 0.3) is 0 Å². The Morgan fingerprint density at radius 3 is 2.05 bits per heavy atom. The Labute approximate surface area is 114 Å². The van der Waals surface area contributed by atoms with E-state index < -0.39 is 11.6 Å². The first-order valence-electron chi connectivity index (χ1n) is 7.61. The second-order valence-corrected chi connectivity index (χ2v) is 6.52. The van der Waals surface area contributed by atoms with Gasteiger partial charge in [-0.3, -0.25) is 0 Å². The molecule has 2 fully saturated rings. The molecule has 3 rings (SSSR count). The lowest BCUT2D eigenvalue weighted by molar-refractivity contribution is 0.438. The summed E-state index contributed by atoms with van der Waals surface area (Å²) in [6.45, 7) is 2.26. The maximum absolute atomic E-state index is 13.3. The van der Waals surface area contributed by atoms with Gasteiger partial charge in [-0.2, -0.15) is 0 Å². The van der Waals surface area contributed by atoms with Gasteiger partial charge in [0.15, 0.2) is 0 Å². The van der Waals surface area contributed by atoms with Gasteiger partial charge in [0.1, 0.15) is 11.6 Å². The Bertz CT molecular complexity index is 420. The van der Waals surface area contributed by atoms with E-state index in [0.29, 0.717) is 5.92 Å². The fourth-order valence-electron chi connectivity index (χ4n) is 4.47. The topological polar surface area (TPSA) is 0 Å². The maximum Gasteiger partial charge on any atom is 0.126 e. The van der Waals surface area contributed by atoms with Crippen LogP contribution in [0.4, 0.5) is 8.78 Å². The summed E-state index contributed by atoms with van der Waals surface area (Å²) in [5, 5.41) is 0. The van der Waals surface area contributed by atoms with E-state index in [1.807, 2.05) is 0 Å². The summed E-state index contributed by atoms with van der Waals surface area (Å²) in [4.78, 5) is 0. The van der Waals surface area contributed by atoms with Crippen molar-refractivity contribution in [2.45, 2.75) is 51.4 Å². The molecule has 0 amide bonds. The van der Waals surface area contributed by atoms with Crippen molar-refractivity contribution in [3.05, 3.63) is 35.4 Å². The highest BCUT2D eigenvalue weighted by Gasteiger charge is 2.41. The van der Waals surface area contributed by atoms with Crippen LogP contribution >= 0.6 is 0 Å². The second kappa shape index (κ2) is 5.22. The van der Waals surface area contributed by atoms with Crippen LogP contribution in [0.1, 0.15) is 56.9 Å². The van der Waals surface area contributed by atoms with Crippen molar-refractivity contribution in [1.29, 1.82) is 0 Å². The molecule has 0 bridgehead atoms. The van der Waals surface area contributed by atoms with Crippen molar-refractivity contribution >= 4 is 0 Å². The molecule has 0 saturated heterocycles. The Kier molecular flexibility index (Phi) is 3.60. The summed E-state index contributed by atoms with van der Waals surface area (Å²) in [5.41, 5.74) is 0.874. The summed E-state index contributed by atoms with van der Waals surface area (Å²) in [5.74, 6) is 2.01. The van der Waals surface area contributed by atoms with Gasteiger partial charge in [0, 0.05) is 6.07 Å². The Morgan fingerprint density at radius 2 is 1.53 bits per heavy atom.